The zero-order chi connectivity index (χ0) is 25.5. The molecule has 186 valence electrons. The molecular weight excluding hydrogens is 468 g/mol. The lowest BCUT2D eigenvalue weighted by atomic mass is 9.87. The second-order valence-electron chi connectivity index (χ2n) is 11.6. The molecule has 0 aromatic heterocycles. The Bertz CT molecular complexity index is 1180. The Balaban J connectivity index is 1.69. The van der Waals surface area contributed by atoms with Crippen LogP contribution in [0.5, 0.6) is 0 Å². The highest BCUT2D eigenvalue weighted by Gasteiger charge is 2.75. The molecule has 1 aromatic carbocycles. The van der Waals surface area contributed by atoms with Gasteiger partial charge in [0.25, 0.3) is 0 Å². The monoisotopic (exact) mass is 499 g/mol. The molecule has 1 spiro atoms. The van der Waals surface area contributed by atoms with E-state index in [0.29, 0.717) is 4.90 Å². The van der Waals surface area contributed by atoms with Crippen molar-refractivity contribution < 1.29 is 38.0 Å². The molecule has 5 rings (SSSR count). The van der Waals surface area contributed by atoms with Gasteiger partial charge in [0.1, 0.15) is 33.2 Å². The Morgan fingerprint density at radius 3 is 2.26 bits per heavy atom. The van der Waals surface area contributed by atoms with E-state index < -0.39 is 62.0 Å². The fourth-order valence-corrected chi connectivity index (χ4v) is 7.55. The minimum atomic E-state index is -1.02. The van der Waals surface area contributed by atoms with Crippen LogP contribution in [-0.4, -0.2) is 83.3 Å². The normalized spacial score (nSPS) is 33.3. The first-order chi connectivity index (χ1) is 16.2. The van der Waals surface area contributed by atoms with Crippen LogP contribution in [-0.2, 0) is 19.0 Å². The van der Waals surface area contributed by atoms with Gasteiger partial charge in [0.05, 0.1) is 28.7 Å². The van der Waals surface area contributed by atoms with E-state index in [9.17, 15) is 19.2 Å². The van der Waals surface area contributed by atoms with Crippen molar-refractivity contribution in [3.05, 3.63) is 35.4 Å². The highest BCUT2D eigenvalue weighted by atomic mass is 28.2. The molecule has 10 heteroatoms. The predicted molar refractivity (Wildman–Crippen MR) is 127 cm³/mol. The lowest BCUT2D eigenvalue weighted by Gasteiger charge is -2.32. The largest absolute Gasteiger partial charge is 0.510 e. The van der Waals surface area contributed by atoms with E-state index in [-0.39, 0.29) is 29.1 Å². The third-order valence-electron chi connectivity index (χ3n) is 6.65. The maximum atomic E-state index is 14.2. The Hall–Kier alpha value is -2.53. The van der Waals surface area contributed by atoms with Gasteiger partial charge in [-0.2, -0.15) is 9.37 Å². The van der Waals surface area contributed by atoms with Crippen LogP contribution in [0, 0.1) is 5.92 Å². The molecule has 2 bridgehead atoms. The minimum Gasteiger partial charge on any atom is -0.374 e. The smallest absolute Gasteiger partial charge is 0.374 e. The molecule has 2 saturated heterocycles. The SMILES string of the molecule is CC(C)(C)OC1[SiH2][C@@]12O[C@@H]1[C@H](C(=O)c3ccccc3C(=O)N3C(=O)CC=[N+]1C3=O)[C@@H]2OC(C)(C)C. The molecule has 0 N–H and O–H groups in total. The molecule has 9 nitrogen and oxygen atoms in total. The van der Waals surface area contributed by atoms with Crippen LogP contribution in [0.2, 0.25) is 0 Å². The summed E-state index contributed by atoms with van der Waals surface area (Å²) in [5.74, 6) is -2.68. The van der Waals surface area contributed by atoms with Crippen molar-refractivity contribution in [2.45, 2.75) is 82.4 Å². The molecule has 35 heavy (non-hydrogen) atoms. The van der Waals surface area contributed by atoms with Gasteiger partial charge in [-0.3, -0.25) is 4.79 Å². The Kier molecular flexibility index (Phi) is 5.34. The number of ether oxygens (including phenoxy) is 3. The first kappa shape index (κ1) is 24.2. The molecule has 4 amide bonds. The van der Waals surface area contributed by atoms with Crippen LogP contribution in [0.1, 0.15) is 68.7 Å². The van der Waals surface area contributed by atoms with Crippen molar-refractivity contribution in [1.82, 2.24) is 4.90 Å². The van der Waals surface area contributed by atoms with E-state index in [1.807, 2.05) is 41.5 Å². The van der Waals surface area contributed by atoms with Crippen LogP contribution in [0.4, 0.5) is 4.79 Å². The van der Waals surface area contributed by atoms with Crippen molar-refractivity contribution in [3.8, 4) is 0 Å². The van der Waals surface area contributed by atoms with E-state index >= 15 is 0 Å². The standard InChI is InChI=1S/C25H31N2O7Si/c1-23(2,3)32-18-16-17(29)13-9-7-8-10-14(13)19(30)27-15(28)11-12-26(22(27)31)20(16)33-25(18)21(35-25)34-24(4,5)6/h7-10,12,16,18,20-21H,11,35H2,1-6H3/q+1/t16-,18+,20-,21?,25-/m1/s1. The second kappa shape index (κ2) is 7.73. The molecule has 4 aliphatic rings. The molecule has 0 saturated carbocycles. The number of imide groups is 3. The number of rotatable bonds is 2. The third-order valence-corrected chi connectivity index (χ3v) is 8.93. The third kappa shape index (κ3) is 3.92. The Morgan fingerprint density at radius 1 is 1.00 bits per heavy atom. The second-order valence-corrected chi connectivity index (χ2v) is 13.8. The molecule has 4 heterocycles. The number of carbonyl (C=O) groups is 4. The summed E-state index contributed by atoms with van der Waals surface area (Å²) >= 11 is 0. The zero-order valence-corrected chi connectivity index (χ0v) is 22.3. The summed E-state index contributed by atoms with van der Waals surface area (Å²) in [6.45, 7) is 11.6. The quantitative estimate of drug-likeness (QED) is 0.346. The van der Waals surface area contributed by atoms with Crippen LogP contribution < -0.4 is 0 Å². The number of amides is 4. The van der Waals surface area contributed by atoms with E-state index in [1.54, 1.807) is 18.2 Å². The van der Waals surface area contributed by atoms with Crippen molar-refractivity contribution in [3.63, 3.8) is 0 Å². The summed E-state index contributed by atoms with van der Waals surface area (Å²) < 4.78 is 20.7. The maximum absolute atomic E-state index is 14.2. The first-order valence-corrected chi connectivity index (χ1v) is 13.5. The van der Waals surface area contributed by atoms with Gasteiger partial charge in [-0.25, -0.2) is 9.59 Å². The van der Waals surface area contributed by atoms with E-state index in [1.165, 1.54) is 16.9 Å². The van der Waals surface area contributed by atoms with E-state index in [2.05, 4.69) is 0 Å². The molecule has 1 aromatic rings. The molecule has 2 fully saturated rings. The summed E-state index contributed by atoms with van der Waals surface area (Å²) in [4.78, 5) is 54.2. The fraction of sp³-hybridized carbons (Fsp3) is 0.560. The number of benzene rings is 1. The van der Waals surface area contributed by atoms with Crippen LogP contribution >= 0.6 is 0 Å². The minimum absolute atomic E-state index is 0.0210. The topological polar surface area (TPSA) is 102 Å². The maximum Gasteiger partial charge on any atom is 0.510 e. The number of hydrogen-bond acceptors (Lipinski definition) is 7. The Morgan fingerprint density at radius 2 is 1.63 bits per heavy atom. The average molecular weight is 500 g/mol. The molecule has 0 aliphatic carbocycles. The summed E-state index contributed by atoms with van der Waals surface area (Å²) in [6, 6.07) is 5.49. The van der Waals surface area contributed by atoms with E-state index in [4.69, 9.17) is 14.2 Å². The molecular formula is C25H31N2O7Si+. The number of fused-ring (bicyclic) bond motifs is 5. The number of hydrogen-bond donors (Lipinski definition) is 0. The molecule has 4 aliphatic heterocycles. The number of nitrogens with zero attached hydrogens (tertiary/aromatic N) is 2. The highest BCUT2D eigenvalue weighted by Crippen LogP contribution is 2.52. The first-order valence-electron chi connectivity index (χ1n) is 11.9. The predicted octanol–water partition coefficient (Wildman–Crippen LogP) is 1.63. The van der Waals surface area contributed by atoms with Gasteiger partial charge >= 0.3 is 17.8 Å². The van der Waals surface area contributed by atoms with Gasteiger partial charge in [-0.05, 0) is 47.6 Å². The number of Topliss-reactive ketones (excluding diaryl/α,β-unsaturated/α-hetero) is 1. The van der Waals surface area contributed by atoms with Crippen LogP contribution in [0.15, 0.2) is 24.3 Å². The van der Waals surface area contributed by atoms with Gasteiger partial charge in [0.2, 0.25) is 6.23 Å². The van der Waals surface area contributed by atoms with Crippen molar-refractivity contribution in [2.75, 3.05) is 0 Å². The number of ketones is 1. The van der Waals surface area contributed by atoms with E-state index in [0.717, 1.165) is 0 Å². The van der Waals surface area contributed by atoms with Gasteiger partial charge in [0.15, 0.2) is 5.78 Å². The number of carbonyl (C=O) groups excluding carboxylic acids is 4. The van der Waals surface area contributed by atoms with Crippen molar-refractivity contribution in [1.29, 1.82) is 0 Å². The van der Waals surface area contributed by atoms with Crippen molar-refractivity contribution >= 4 is 39.4 Å². The van der Waals surface area contributed by atoms with Gasteiger partial charge < -0.3 is 14.2 Å². The van der Waals surface area contributed by atoms with Crippen LogP contribution in [0.3, 0.4) is 0 Å². The number of urea groups is 1. The molecule has 0 radical (unpaired) electrons. The fourth-order valence-electron chi connectivity index (χ4n) is 5.26. The average Bonchev–Trinajstić information content (AvgIpc) is 3.31. The van der Waals surface area contributed by atoms with Crippen LogP contribution in [0.25, 0.3) is 0 Å². The zero-order valence-electron chi connectivity index (χ0n) is 20.9. The summed E-state index contributed by atoms with van der Waals surface area (Å²) in [5.41, 5.74) is -1.05. The molecule has 1 unspecified atom stereocenters. The molecule has 5 atom stereocenters. The summed E-state index contributed by atoms with van der Waals surface area (Å²) in [6.07, 6.45) is -0.422. The lowest BCUT2D eigenvalue weighted by Crippen LogP contribution is -2.53. The lowest BCUT2D eigenvalue weighted by molar-refractivity contribution is -0.535. The highest BCUT2D eigenvalue weighted by molar-refractivity contribution is 6.56. The summed E-state index contributed by atoms with van der Waals surface area (Å²) in [5, 5.41) is -0.801. The Labute approximate surface area is 206 Å². The van der Waals surface area contributed by atoms with Gasteiger partial charge in [-0.1, -0.05) is 23.1 Å². The summed E-state index contributed by atoms with van der Waals surface area (Å²) in [7, 11) is -1.01. The van der Waals surface area contributed by atoms with Gasteiger partial charge in [-0.15, -0.1) is 0 Å². The van der Waals surface area contributed by atoms with Crippen molar-refractivity contribution in [2.24, 2.45) is 5.92 Å². The van der Waals surface area contributed by atoms with Gasteiger partial charge in [0, 0.05) is 5.56 Å².